The van der Waals surface area contributed by atoms with Crippen LogP contribution in [0.2, 0.25) is 0 Å². The summed E-state index contributed by atoms with van der Waals surface area (Å²) < 4.78 is 0. The first-order chi connectivity index (χ1) is 9.49. The Labute approximate surface area is 119 Å². The topological polar surface area (TPSA) is 64.9 Å². The van der Waals surface area contributed by atoms with Crippen molar-refractivity contribution in [2.24, 2.45) is 0 Å². The number of benzene rings is 1. The fourth-order valence-corrected chi connectivity index (χ4v) is 1.95. The van der Waals surface area contributed by atoms with E-state index in [4.69, 9.17) is 5.26 Å². The van der Waals surface area contributed by atoms with E-state index in [9.17, 15) is 4.79 Å². The Morgan fingerprint density at radius 2 is 1.95 bits per heavy atom. The monoisotopic (exact) mass is 269 g/mol. The van der Waals surface area contributed by atoms with E-state index in [-0.39, 0.29) is 5.57 Å². The first-order valence-corrected chi connectivity index (χ1v) is 6.33. The second kappa shape index (κ2) is 7.15. The van der Waals surface area contributed by atoms with Crippen molar-refractivity contribution in [3.8, 4) is 6.07 Å². The molecule has 0 heterocycles. The van der Waals surface area contributed by atoms with Gasteiger partial charge in [0.2, 0.25) is 0 Å². The first kappa shape index (κ1) is 15.5. The SMILES string of the molecule is C=CCN/C=C(/C#N)C(=O)Nc1c(C)cc(C)cc1C. The van der Waals surface area contributed by atoms with Crippen LogP contribution < -0.4 is 10.6 Å². The van der Waals surface area contributed by atoms with Crippen LogP contribution in [0.15, 0.2) is 36.6 Å². The van der Waals surface area contributed by atoms with Gasteiger partial charge in [-0.05, 0) is 31.9 Å². The molecule has 1 aromatic rings. The van der Waals surface area contributed by atoms with Crippen LogP contribution >= 0.6 is 0 Å². The lowest BCUT2D eigenvalue weighted by atomic mass is 10.0. The summed E-state index contributed by atoms with van der Waals surface area (Å²) in [5.74, 6) is -0.417. The fraction of sp³-hybridized carbons (Fsp3) is 0.250. The minimum absolute atomic E-state index is 0.0335. The molecule has 0 radical (unpaired) electrons. The lowest BCUT2D eigenvalue weighted by Crippen LogP contribution is -2.18. The molecule has 0 fully saturated rings. The Kier molecular flexibility index (Phi) is 5.55. The number of hydrogen-bond acceptors (Lipinski definition) is 3. The van der Waals surface area contributed by atoms with Gasteiger partial charge in [0, 0.05) is 18.4 Å². The number of amides is 1. The van der Waals surface area contributed by atoms with Crippen molar-refractivity contribution in [2.45, 2.75) is 20.8 Å². The van der Waals surface area contributed by atoms with Crippen LogP contribution in [0, 0.1) is 32.1 Å². The van der Waals surface area contributed by atoms with E-state index in [2.05, 4.69) is 17.2 Å². The van der Waals surface area contributed by atoms with Crippen molar-refractivity contribution in [2.75, 3.05) is 11.9 Å². The number of nitrogens with one attached hydrogen (secondary N) is 2. The molecule has 0 aliphatic carbocycles. The van der Waals surface area contributed by atoms with Gasteiger partial charge < -0.3 is 10.6 Å². The van der Waals surface area contributed by atoms with Crippen LogP contribution in [0.3, 0.4) is 0 Å². The number of carbonyl (C=O) groups is 1. The third-order valence-corrected chi connectivity index (χ3v) is 2.79. The molecule has 1 aromatic carbocycles. The number of hydrogen-bond donors (Lipinski definition) is 2. The van der Waals surface area contributed by atoms with Crippen molar-refractivity contribution in [1.82, 2.24) is 5.32 Å². The number of carbonyl (C=O) groups excluding carboxylic acids is 1. The van der Waals surface area contributed by atoms with Crippen LogP contribution in [0.5, 0.6) is 0 Å². The van der Waals surface area contributed by atoms with E-state index in [1.165, 1.54) is 6.20 Å². The Morgan fingerprint density at radius 3 is 2.45 bits per heavy atom. The van der Waals surface area contributed by atoms with Crippen LogP contribution in [0.25, 0.3) is 0 Å². The highest BCUT2D eigenvalue weighted by Gasteiger charge is 2.12. The second-order valence-electron chi connectivity index (χ2n) is 4.59. The molecule has 0 atom stereocenters. The van der Waals surface area contributed by atoms with Gasteiger partial charge in [0.05, 0.1) is 0 Å². The maximum atomic E-state index is 12.1. The van der Waals surface area contributed by atoms with Gasteiger partial charge in [-0.2, -0.15) is 5.26 Å². The highest BCUT2D eigenvalue weighted by molar-refractivity contribution is 6.07. The molecule has 0 unspecified atom stereocenters. The average molecular weight is 269 g/mol. The summed E-state index contributed by atoms with van der Waals surface area (Å²) >= 11 is 0. The molecule has 0 aliphatic heterocycles. The Hall–Kier alpha value is -2.54. The number of aryl methyl sites for hydroxylation is 3. The average Bonchev–Trinajstić information content (AvgIpc) is 2.38. The molecule has 0 saturated carbocycles. The van der Waals surface area contributed by atoms with Gasteiger partial charge in [0.25, 0.3) is 5.91 Å². The molecule has 104 valence electrons. The normalized spacial score (nSPS) is 10.6. The van der Waals surface area contributed by atoms with E-state index >= 15 is 0 Å². The van der Waals surface area contributed by atoms with Crippen LogP contribution in [0.1, 0.15) is 16.7 Å². The van der Waals surface area contributed by atoms with Crippen molar-refractivity contribution < 1.29 is 4.79 Å². The van der Waals surface area contributed by atoms with E-state index in [0.717, 1.165) is 22.4 Å². The van der Waals surface area contributed by atoms with Gasteiger partial charge in [-0.15, -0.1) is 6.58 Å². The maximum absolute atomic E-state index is 12.1. The molecule has 0 bridgehead atoms. The molecule has 0 saturated heterocycles. The molecule has 4 nitrogen and oxygen atoms in total. The van der Waals surface area contributed by atoms with Gasteiger partial charge in [0.1, 0.15) is 11.6 Å². The largest absolute Gasteiger partial charge is 0.386 e. The molecular weight excluding hydrogens is 250 g/mol. The van der Waals surface area contributed by atoms with E-state index < -0.39 is 5.91 Å². The van der Waals surface area contributed by atoms with Crippen molar-refractivity contribution in [3.63, 3.8) is 0 Å². The number of nitriles is 1. The van der Waals surface area contributed by atoms with E-state index in [0.29, 0.717) is 6.54 Å². The summed E-state index contributed by atoms with van der Waals surface area (Å²) in [4.78, 5) is 12.1. The lowest BCUT2D eigenvalue weighted by molar-refractivity contribution is -0.112. The molecule has 4 heteroatoms. The highest BCUT2D eigenvalue weighted by atomic mass is 16.1. The van der Waals surface area contributed by atoms with Crippen LogP contribution in [-0.2, 0) is 4.79 Å². The van der Waals surface area contributed by atoms with Gasteiger partial charge >= 0.3 is 0 Å². The van der Waals surface area contributed by atoms with Gasteiger partial charge in [-0.1, -0.05) is 23.8 Å². The van der Waals surface area contributed by atoms with Gasteiger partial charge in [-0.3, -0.25) is 4.79 Å². The molecule has 2 N–H and O–H groups in total. The summed E-state index contributed by atoms with van der Waals surface area (Å²) in [7, 11) is 0. The van der Waals surface area contributed by atoms with Crippen molar-refractivity contribution in [3.05, 3.63) is 53.3 Å². The Balaban J connectivity index is 2.93. The maximum Gasteiger partial charge on any atom is 0.267 e. The fourth-order valence-electron chi connectivity index (χ4n) is 1.95. The summed E-state index contributed by atoms with van der Waals surface area (Å²) in [5, 5.41) is 14.6. The molecule has 0 spiro atoms. The molecule has 0 aliphatic rings. The van der Waals surface area contributed by atoms with E-state index in [1.54, 1.807) is 6.08 Å². The lowest BCUT2D eigenvalue weighted by Gasteiger charge is -2.12. The van der Waals surface area contributed by atoms with Crippen LogP contribution in [-0.4, -0.2) is 12.5 Å². The summed E-state index contributed by atoms with van der Waals surface area (Å²) in [6.45, 7) is 9.92. The zero-order valence-corrected chi connectivity index (χ0v) is 12.1. The third kappa shape index (κ3) is 3.99. The van der Waals surface area contributed by atoms with Gasteiger partial charge in [-0.25, -0.2) is 0 Å². The van der Waals surface area contributed by atoms with Crippen molar-refractivity contribution >= 4 is 11.6 Å². The van der Waals surface area contributed by atoms with Crippen molar-refractivity contribution in [1.29, 1.82) is 5.26 Å². The van der Waals surface area contributed by atoms with Gasteiger partial charge in [0.15, 0.2) is 0 Å². The molecule has 1 rings (SSSR count). The predicted molar refractivity (Wildman–Crippen MR) is 81.2 cm³/mol. The smallest absolute Gasteiger partial charge is 0.267 e. The number of rotatable bonds is 5. The zero-order valence-electron chi connectivity index (χ0n) is 12.1. The molecule has 20 heavy (non-hydrogen) atoms. The summed E-state index contributed by atoms with van der Waals surface area (Å²) in [5.41, 5.74) is 3.89. The molecule has 0 aromatic heterocycles. The minimum atomic E-state index is -0.417. The molecular formula is C16H19N3O. The van der Waals surface area contributed by atoms with E-state index in [1.807, 2.05) is 39.0 Å². The quantitative estimate of drug-likeness (QED) is 0.374. The number of anilines is 1. The summed E-state index contributed by atoms with van der Waals surface area (Å²) in [6.07, 6.45) is 3.05. The standard InChI is InChI=1S/C16H19N3O/c1-5-6-18-10-14(9-17)16(20)19-15-12(3)7-11(2)8-13(15)4/h5,7-8,10,18H,1,6H2,2-4H3,(H,19,20)/b14-10-. The first-order valence-electron chi connectivity index (χ1n) is 6.33. The number of nitrogens with zero attached hydrogens (tertiary/aromatic N) is 1. The minimum Gasteiger partial charge on any atom is -0.386 e. The van der Waals surface area contributed by atoms with Crippen LogP contribution in [0.4, 0.5) is 5.69 Å². The Morgan fingerprint density at radius 1 is 1.35 bits per heavy atom. The third-order valence-electron chi connectivity index (χ3n) is 2.79. The molecule has 1 amide bonds. The summed E-state index contributed by atoms with van der Waals surface area (Å²) in [6, 6.07) is 5.87. The Bertz CT molecular complexity index is 571. The highest BCUT2D eigenvalue weighted by Crippen LogP contribution is 2.22. The second-order valence-corrected chi connectivity index (χ2v) is 4.59. The predicted octanol–water partition coefficient (Wildman–Crippen LogP) is 2.73. The zero-order chi connectivity index (χ0) is 15.1.